The number of anilines is 2. The maximum Gasteiger partial charge on any atom is 0.229 e. The lowest BCUT2D eigenvalue weighted by Crippen LogP contribution is -2.24. The molecule has 0 radical (unpaired) electrons. The van der Waals surface area contributed by atoms with E-state index < -0.39 is 11.2 Å². The Kier molecular flexibility index (Phi) is 9.73. The minimum Gasteiger partial charge on any atom is -0.330 e. The van der Waals surface area contributed by atoms with Crippen molar-refractivity contribution in [3.05, 3.63) is 77.5 Å². The van der Waals surface area contributed by atoms with Crippen LogP contribution in [0.4, 0.5) is 11.5 Å². The van der Waals surface area contributed by atoms with Crippen LogP contribution in [0.25, 0.3) is 0 Å². The summed E-state index contributed by atoms with van der Waals surface area (Å²) in [5.41, 5.74) is 9.24. The summed E-state index contributed by atoms with van der Waals surface area (Å²) in [7, 11) is 1.83. The minimum atomic E-state index is -1.15. The van der Waals surface area contributed by atoms with Crippen molar-refractivity contribution in [3.63, 3.8) is 0 Å². The first-order valence-corrected chi connectivity index (χ1v) is 12.7. The Morgan fingerprint density at radius 3 is 2.54 bits per heavy atom. The Bertz CT molecular complexity index is 1120. The maximum absolute atomic E-state index is 12.0. The summed E-state index contributed by atoms with van der Waals surface area (Å²) in [6, 6.07) is 13.2. The highest BCUT2D eigenvalue weighted by Crippen LogP contribution is 2.22. The number of aromatic nitrogens is 1. The quantitative estimate of drug-likeness (QED) is 0.639. The SMILES string of the molecule is CC(CN)c1ccc(C#N)cc1.CN1CCN(c2ccc(NC(=O)CC3=CCCC=C3)nc2)S1=O. The normalized spacial score (nSPS) is 18.2. The number of nitrogens with zero attached hydrogens (tertiary/aromatic N) is 4. The van der Waals surface area contributed by atoms with Crippen LogP contribution in [0.5, 0.6) is 0 Å². The molecule has 2 unspecified atom stereocenters. The first-order chi connectivity index (χ1) is 16.9. The molecule has 1 saturated heterocycles. The molecule has 0 saturated carbocycles. The van der Waals surface area contributed by atoms with Crippen LogP contribution in [0, 0.1) is 11.3 Å². The molecule has 35 heavy (non-hydrogen) atoms. The van der Waals surface area contributed by atoms with Crippen LogP contribution in [0.15, 0.2) is 66.4 Å². The smallest absolute Gasteiger partial charge is 0.229 e. The van der Waals surface area contributed by atoms with Gasteiger partial charge in [0.25, 0.3) is 0 Å². The Balaban J connectivity index is 0.000000241. The molecule has 3 N–H and O–H groups in total. The van der Waals surface area contributed by atoms with Crippen LogP contribution in [0.3, 0.4) is 0 Å². The fourth-order valence-corrected chi connectivity index (χ4v) is 4.68. The summed E-state index contributed by atoms with van der Waals surface area (Å²) in [6.07, 6.45) is 10.2. The average Bonchev–Trinajstić information content (AvgIpc) is 3.23. The van der Waals surface area contributed by atoms with Crippen molar-refractivity contribution >= 4 is 28.6 Å². The van der Waals surface area contributed by atoms with Crippen molar-refractivity contribution in [2.45, 2.75) is 32.1 Å². The number of hydrogen-bond donors (Lipinski definition) is 2. The fraction of sp³-hybridized carbons (Fsp3) is 0.346. The lowest BCUT2D eigenvalue weighted by molar-refractivity contribution is -0.115. The van der Waals surface area contributed by atoms with Crippen LogP contribution in [-0.2, 0) is 16.0 Å². The van der Waals surface area contributed by atoms with E-state index in [1.165, 1.54) is 5.56 Å². The van der Waals surface area contributed by atoms with E-state index in [4.69, 9.17) is 11.0 Å². The number of amides is 1. The third-order valence-corrected chi connectivity index (χ3v) is 7.26. The molecule has 1 amide bonds. The van der Waals surface area contributed by atoms with Gasteiger partial charge in [-0.2, -0.15) is 5.26 Å². The van der Waals surface area contributed by atoms with E-state index in [2.05, 4.69) is 35.4 Å². The first kappa shape index (κ1) is 26.3. The molecule has 1 aliphatic heterocycles. The molecule has 2 heterocycles. The summed E-state index contributed by atoms with van der Waals surface area (Å²) >= 11 is -1.15. The lowest BCUT2D eigenvalue weighted by atomic mass is 10.0. The second kappa shape index (κ2) is 13.0. The highest BCUT2D eigenvalue weighted by molar-refractivity contribution is 7.84. The van der Waals surface area contributed by atoms with Gasteiger partial charge >= 0.3 is 0 Å². The molecule has 1 aromatic carbocycles. The Morgan fingerprint density at radius 2 is 2.00 bits per heavy atom. The third kappa shape index (κ3) is 7.59. The van der Waals surface area contributed by atoms with Gasteiger partial charge in [-0.3, -0.25) is 9.10 Å². The molecular weight excluding hydrogens is 460 g/mol. The molecule has 4 rings (SSSR count). The van der Waals surface area contributed by atoms with E-state index in [1.807, 2.05) is 43.5 Å². The molecule has 2 aliphatic rings. The van der Waals surface area contributed by atoms with Gasteiger partial charge in [0.2, 0.25) is 5.91 Å². The third-order valence-electron chi connectivity index (χ3n) is 5.78. The molecule has 0 bridgehead atoms. The lowest BCUT2D eigenvalue weighted by Gasteiger charge is -2.16. The van der Waals surface area contributed by atoms with Crippen LogP contribution in [-0.4, -0.2) is 46.1 Å². The maximum atomic E-state index is 12.0. The van der Waals surface area contributed by atoms with Crippen molar-refractivity contribution < 1.29 is 9.00 Å². The van der Waals surface area contributed by atoms with Crippen molar-refractivity contribution in [1.29, 1.82) is 5.26 Å². The van der Waals surface area contributed by atoms with Gasteiger partial charge in [0.15, 0.2) is 11.2 Å². The van der Waals surface area contributed by atoms with Gasteiger partial charge < -0.3 is 11.1 Å². The number of nitrogens with two attached hydrogens (primary N) is 1. The highest BCUT2D eigenvalue weighted by Gasteiger charge is 2.26. The largest absolute Gasteiger partial charge is 0.330 e. The predicted molar refractivity (Wildman–Crippen MR) is 141 cm³/mol. The molecule has 2 atom stereocenters. The van der Waals surface area contributed by atoms with E-state index in [-0.39, 0.29) is 5.91 Å². The number of rotatable bonds is 6. The Labute approximate surface area is 209 Å². The second-order valence-electron chi connectivity index (χ2n) is 8.44. The molecule has 1 fully saturated rings. The number of nitriles is 1. The Morgan fingerprint density at radius 1 is 1.23 bits per heavy atom. The molecular formula is C26H32N6O2S. The number of carbonyl (C=O) groups is 1. The van der Waals surface area contributed by atoms with E-state index in [9.17, 15) is 9.00 Å². The van der Waals surface area contributed by atoms with Gasteiger partial charge in [0.05, 0.1) is 29.9 Å². The molecule has 184 valence electrons. The van der Waals surface area contributed by atoms with Gasteiger partial charge in [-0.05, 0) is 60.7 Å². The summed E-state index contributed by atoms with van der Waals surface area (Å²) in [5.74, 6) is 0.808. The van der Waals surface area contributed by atoms with Gasteiger partial charge in [-0.15, -0.1) is 0 Å². The van der Waals surface area contributed by atoms with Crippen LogP contribution in [0.1, 0.15) is 43.2 Å². The van der Waals surface area contributed by atoms with Crippen molar-refractivity contribution in [2.75, 3.05) is 36.3 Å². The number of pyridine rings is 1. The van der Waals surface area contributed by atoms with Crippen molar-refractivity contribution in [2.24, 2.45) is 5.73 Å². The standard InChI is InChI=1S/C16H20N4O2S.C10H12N2/c1-19-9-10-20(23(19)22)14-7-8-15(17-12-14)18-16(21)11-13-5-3-2-4-6-13;1-8(6-11)10-4-2-9(7-12)3-5-10/h3,5-8,12H,2,4,9-11H2,1H3,(H,17,18,21);2-5,8H,6,11H2,1H3. The van der Waals surface area contributed by atoms with Crippen LogP contribution >= 0.6 is 0 Å². The van der Waals surface area contributed by atoms with Crippen LogP contribution < -0.4 is 15.4 Å². The molecule has 1 aliphatic carbocycles. The van der Waals surface area contributed by atoms with Gasteiger partial charge in [0.1, 0.15) is 5.82 Å². The highest BCUT2D eigenvalue weighted by atomic mass is 32.2. The zero-order valence-corrected chi connectivity index (χ0v) is 21.0. The number of carbonyl (C=O) groups excluding carboxylic acids is 1. The fourth-order valence-electron chi connectivity index (χ4n) is 3.58. The van der Waals surface area contributed by atoms with E-state index in [0.29, 0.717) is 36.8 Å². The predicted octanol–water partition coefficient (Wildman–Crippen LogP) is 3.64. The Hall–Kier alpha value is -3.32. The van der Waals surface area contributed by atoms with Gasteiger partial charge in [-0.1, -0.05) is 37.3 Å². The topological polar surface area (TPSA) is 115 Å². The van der Waals surface area contributed by atoms with E-state index in [0.717, 1.165) is 30.6 Å². The zero-order valence-electron chi connectivity index (χ0n) is 20.2. The second-order valence-corrected chi connectivity index (χ2v) is 9.97. The number of benzene rings is 1. The molecule has 1 aromatic heterocycles. The monoisotopic (exact) mass is 492 g/mol. The summed E-state index contributed by atoms with van der Waals surface area (Å²) in [4.78, 5) is 16.3. The molecule has 9 heteroatoms. The minimum absolute atomic E-state index is 0.0764. The van der Waals surface area contributed by atoms with Gasteiger partial charge in [-0.25, -0.2) is 13.5 Å². The van der Waals surface area contributed by atoms with E-state index in [1.54, 1.807) is 20.9 Å². The van der Waals surface area contributed by atoms with Crippen molar-refractivity contribution in [1.82, 2.24) is 9.29 Å². The summed E-state index contributed by atoms with van der Waals surface area (Å²) in [5, 5.41) is 11.3. The number of allylic oxidation sites excluding steroid dienone is 3. The molecule has 2 aromatic rings. The molecule has 8 nitrogen and oxygen atoms in total. The first-order valence-electron chi connectivity index (χ1n) is 11.6. The zero-order chi connectivity index (χ0) is 25.2. The van der Waals surface area contributed by atoms with E-state index >= 15 is 0 Å². The summed E-state index contributed by atoms with van der Waals surface area (Å²) in [6.45, 7) is 4.18. The van der Waals surface area contributed by atoms with Crippen LogP contribution in [0.2, 0.25) is 0 Å². The number of nitrogens with one attached hydrogen (secondary N) is 1. The summed E-state index contributed by atoms with van der Waals surface area (Å²) < 4.78 is 15.6. The molecule has 0 spiro atoms. The number of likely N-dealkylation sites (N-methyl/N-ethyl adjacent to an activating group) is 1. The van der Waals surface area contributed by atoms with Gasteiger partial charge in [0, 0.05) is 20.1 Å². The van der Waals surface area contributed by atoms with Crippen molar-refractivity contribution in [3.8, 4) is 6.07 Å². The average molecular weight is 493 g/mol. The number of hydrogen-bond acceptors (Lipinski definition) is 5.